The van der Waals surface area contributed by atoms with Gasteiger partial charge >= 0.3 is 0 Å². The molecule has 2 heteroatoms. The molecule has 0 N–H and O–H groups in total. The minimum atomic E-state index is 0.742. The van der Waals surface area contributed by atoms with Crippen molar-refractivity contribution < 1.29 is 0 Å². The molecule has 2 heterocycles. The van der Waals surface area contributed by atoms with E-state index in [0.29, 0.717) is 0 Å². The first-order valence-electron chi connectivity index (χ1n) is 10.2. The second-order valence-corrected chi connectivity index (χ2v) is 9.12. The van der Waals surface area contributed by atoms with E-state index in [-0.39, 0.29) is 0 Å². The van der Waals surface area contributed by atoms with Gasteiger partial charge in [-0.15, -0.1) is 0 Å². The van der Waals surface area contributed by atoms with Gasteiger partial charge in [0.05, 0.1) is 0 Å². The Morgan fingerprint density at radius 1 is 0.609 bits per heavy atom. The molecule has 0 bridgehead atoms. The highest BCUT2D eigenvalue weighted by molar-refractivity contribution is 4.79. The first-order chi connectivity index (χ1) is 10.7. The van der Waals surface area contributed by atoms with E-state index in [2.05, 4.69) is 65.2 Å². The Morgan fingerprint density at radius 2 is 1.04 bits per heavy atom. The van der Waals surface area contributed by atoms with Crippen LogP contribution in [0.3, 0.4) is 0 Å². The van der Waals surface area contributed by atoms with Crippen molar-refractivity contribution in [3.8, 4) is 0 Å². The molecule has 0 aliphatic carbocycles. The summed E-state index contributed by atoms with van der Waals surface area (Å²) in [6, 6.07) is 1.49. The van der Waals surface area contributed by atoms with Crippen molar-refractivity contribution in [3.63, 3.8) is 0 Å². The van der Waals surface area contributed by atoms with Crippen LogP contribution in [0.5, 0.6) is 0 Å². The monoisotopic (exact) mass is 324 g/mol. The summed E-state index contributed by atoms with van der Waals surface area (Å²) in [5, 5.41) is 0. The number of hydrogen-bond acceptors (Lipinski definition) is 2. The molecular formula is C21H44N2. The summed E-state index contributed by atoms with van der Waals surface area (Å²) in [7, 11) is 0. The predicted octanol–water partition coefficient (Wildman–Crippen LogP) is 5.14. The maximum absolute atomic E-state index is 2.62. The highest BCUT2D eigenvalue weighted by Crippen LogP contribution is 2.25. The quantitative estimate of drug-likeness (QED) is 0.707. The zero-order chi connectivity index (χ0) is 17.6. The van der Waals surface area contributed by atoms with Crippen LogP contribution in [0, 0.1) is 23.7 Å². The van der Waals surface area contributed by atoms with Crippen molar-refractivity contribution >= 4 is 0 Å². The van der Waals surface area contributed by atoms with Gasteiger partial charge in [-0.2, -0.15) is 0 Å². The van der Waals surface area contributed by atoms with E-state index in [1.165, 1.54) is 45.4 Å². The Labute approximate surface area is 147 Å². The van der Waals surface area contributed by atoms with Crippen LogP contribution in [-0.2, 0) is 0 Å². The van der Waals surface area contributed by atoms with Crippen LogP contribution < -0.4 is 0 Å². The van der Waals surface area contributed by atoms with Gasteiger partial charge in [0.25, 0.3) is 0 Å². The minimum Gasteiger partial charge on any atom is -0.301 e. The van der Waals surface area contributed by atoms with Crippen LogP contribution in [0.1, 0.15) is 74.7 Å². The molecule has 2 aliphatic rings. The number of likely N-dealkylation sites (tertiary alicyclic amines) is 2. The normalized spacial score (nSPS) is 27.1. The summed E-state index contributed by atoms with van der Waals surface area (Å²) < 4.78 is 0. The molecule has 2 nitrogen and oxygen atoms in total. The molecule has 0 aromatic carbocycles. The molecule has 0 aromatic heterocycles. The van der Waals surface area contributed by atoms with Gasteiger partial charge in [0.15, 0.2) is 0 Å². The van der Waals surface area contributed by atoms with Gasteiger partial charge in [-0.1, -0.05) is 27.7 Å². The first kappa shape index (κ1) is 21.0. The molecule has 23 heavy (non-hydrogen) atoms. The highest BCUT2D eigenvalue weighted by atomic mass is 15.2. The molecule has 0 radical (unpaired) electrons. The second kappa shape index (κ2) is 10.0. The van der Waals surface area contributed by atoms with Gasteiger partial charge in [0.1, 0.15) is 0 Å². The Morgan fingerprint density at radius 3 is 1.39 bits per heavy atom. The standard InChI is InChI=1S/C11H23N.C10H21N/c1-9(2)11-6-5-7-12(8-11)10(3)4;1-8(2)10-5-6-11(7-10)9(3)4/h9-11H,5-8H2,1-4H3;8-10H,5-7H2,1-4H3. The SMILES string of the molecule is CC(C)C1CCCN(C(C)C)C1.CC(C)C1CCN(C(C)C)C1. The molecule has 2 rings (SSSR count). The minimum absolute atomic E-state index is 0.742. The van der Waals surface area contributed by atoms with Gasteiger partial charge < -0.3 is 9.80 Å². The van der Waals surface area contributed by atoms with Crippen molar-refractivity contribution in [2.24, 2.45) is 23.7 Å². The molecule has 0 amide bonds. The van der Waals surface area contributed by atoms with Crippen molar-refractivity contribution in [3.05, 3.63) is 0 Å². The largest absolute Gasteiger partial charge is 0.301 e. The Hall–Kier alpha value is -0.0800. The van der Waals surface area contributed by atoms with Crippen LogP contribution in [0.15, 0.2) is 0 Å². The number of nitrogens with zero attached hydrogens (tertiary/aromatic N) is 2. The third-order valence-electron chi connectivity index (χ3n) is 6.09. The summed E-state index contributed by atoms with van der Waals surface area (Å²) in [6.45, 7) is 23.9. The lowest BCUT2D eigenvalue weighted by Crippen LogP contribution is -2.41. The molecule has 138 valence electrons. The third-order valence-corrected chi connectivity index (χ3v) is 6.09. The smallest absolute Gasteiger partial charge is 0.00387 e. The molecule has 0 aromatic rings. The topological polar surface area (TPSA) is 6.48 Å². The summed E-state index contributed by atoms with van der Waals surface area (Å²) in [5.74, 6) is 3.64. The summed E-state index contributed by atoms with van der Waals surface area (Å²) >= 11 is 0. The third kappa shape index (κ3) is 7.13. The second-order valence-electron chi connectivity index (χ2n) is 9.12. The summed E-state index contributed by atoms with van der Waals surface area (Å²) in [5.41, 5.74) is 0. The van der Waals surface area contributed by atoms with Gasteiger partial charge in [0.2, 0.25) is 0 Å². The molecule has 2 unspecified atom stereocenters. The van der Waals surface area contributed by atoms with Gasteiger partial charge in [0, 0.05) is 25.2 Å². The van der Waals surface area contributed by atoms with Crippen LogP contribution >= 0.6 is 0 Å². The molecular weight excluding hydrogens is 280 g/mol. The summed E-state index contributed by atoms with van der Waals surface area (Å²) in [6.07, 6.45) is 4.26. The maximum atomic E-state index is 2.62. The van der Waals surface area contributed by atoms with Crippen LogP contribution in [0.2, 0.25) is 0 Å². The van der Waals surface area contributed by atoms with E-state index in [1.54, 1.807) is 0 Å². The maximum Gasteiger partial charge on any atom is 0.00387 e. The van der Waals surface area contributed by atoms with Gasteiger partial charge in [-0.3, -0.25) is 0 Å². The van der Waals surface area contributed by atoms with Crippen molar-refractivity contribution in [2.75, 3.05) is 26.2 Å². The number of hydrogen-bond donors (Lipinski definition) is 0. The zero-order valence-electron chi connectivity index (χ0n) is 17.3. The fourth-order valence-corrected chi connectivity index (χ4v) is 3.88. The highest BCUT2D eigenvalue weighted by Gasteiger charge is 2.26. The average molecular weight is 325 g/mol. The van der Waals surface area contributed by atoms with Gasteiger partial charge in [-0.05, 0) is 83.7 Å². The molecule has 2 atom stereocenters. The zero-order valence-corrected chi connectivity index (χ0v) is 17.3. The fourth-order valence-electron chi connectivity index (χ4n) is 3.88. The van der Waals surface area contributed by atoms with Crippen LogP contribution in [-0.4, -0.2) is 48.1 Å². The molecule has 2 fully saturated rings. The molecule has 0 saturated carbocycles. The van der Waals surface area contributed by atoms with E-state index in [4.69, 9.17) is 0 Å². The van der Waals surface area contributed by atoms with E-state index in [0.717, 1.165) is 35.8 Å². The van der Waals surface area contributed by atoms with Crippen LogP contribution in [0.25, 0.3) is 0 Å². The molecule has 2 saturated heterocycles. The van der Waals surface area contributed by atoms with Crippen molar-refractivity contribution in [2.45, 2.75) is 86.7 Å². The van der Waals surface area contributed by atoms with E-state index in [1.807, 2.05) is 0 Å². The van der Waals surface area contributed by atoms with Crippen LogP contribution in [0.4, 0.5) is 0 Å². The lowest BCUT2D eigenvalue weighted by Gasteiger charge is -2.37. The molecule has 0 spiro atoms. The number of piperidine rings is 1. The lowest BCUT2D eigenvalue weighted by molar-refractivity contribution is 0.117. The van der Waals surface area contributed by atoms with E-state index < -0.39 is 0 Å². The summed E-state index contributed by atoms with van der Waals surface area (Å²) in [4.78, 5) is 5.21. The lowest BCUT2D eigenvalue weighted by atomic mass is 9.87. The van der Waals surface area contributed by atoms with E-state index >= 15 is 0 Å². The van der Waals surface area contributed by atoms with Crippen molar-refractivity contribution in [1.82, 2.24) is 9.80 Å². The average Bonchev–Trinajstić information content (AvgIpc) is 2.98. The predicted molar refractivity (Wildman–Crippen MR) is 104 cm³/mol. The van der Waals surface area contributed by atoms with Crippen molar-refractivity contribution in [1.29, 1.82) is 0 Å². The Kier molecular flexibility index (Phi) is 9.15. The van der Waals surface area contributed by atoms with Gasteiger partial charge in [-0.25, -0.2) is 0 Å². The first-order valence-corrected chi connectivity index (χ1v) is 10.2. The van der Waals surface area contributed by atoms with E-state index in [9.17, 15) is 0 Å². The Balaban J connectivity index is 0.000000231. The molecule has 2 aliphatic heterocycles. The number of rotatable bonds is 4. The Bertz CT molecular complexity index is 281. The fraction of sp³-hybridized carbons (Fsp3) is 1.00.